The minimum absolute atomic E-state index is 0.00142. The molecule has 252 valence electrons. The quantitative estimate of drug-likeness (QED) is 0.0870. The predicted octanol–water partition coefficient (Wildman–Crippen LogP) is 5.59. The minimum Gasteiger partial charge on any atom is -0.508 e. The van der Waals surface area contributed by atoms with E-state index in [0.29, 0.717) is 42.7 Å². The summed E-state index contributed by atoms with van der Waals surface area (Å²) >= 11 is 0. The number of benzene rings is 5. The van der Waals surface area contributed by atoms with Crippen LogP contribution in [0.1, 0.15) is 56.8 Å². The maximum Gasteiger partial charge on any atom is 0.251 e. The van der Waals surface area contributed by atoms with Gasteiger partial charge in [0.15, 0.2) is 0 Å². The summed E-state index contributed by atoms with van der Waals surface area (Å²) in [7, 11) is 0. The van der Waals surface area contributed by atoms with Crippen LogP contribution in [0.15, 0.2) is 121 Å². The standard InChI is InChI=1S/C41H43N3O5/c1-28(42-26-39(47)36-17-18-38(46)37(23-36)27-45)19-30-7-5-8-31(20-30)22-40(48)43-24-29-13-15-34(16-14-29)41(49)44-25-32-9-6-12-35(21-32)33-10-3-2-4-11-33/h2-18,20-21,23,28,39,42,45-47H,19,22,24-27H2,1H3,(H,43,48)(H,44,49)/t28-,39+/m1/s1. The summed E-state index contributed by atoms with van der Waals surface area (Å²) in [5, 5.41) is 39.0. The Labute approximate surface area is 287 Å². The van der Waals surface area contributed by atoms with Crippen molar-refractivity contribution < 1.29 is 24.9 Å². The second kappa shape index (κ2) is 17.2. The number of hydrogen-bond acceptors (Lipinski definition) is 6. The van der Waals surface area contributed by atoms with Gasteiger partial charge in [-0.1, -0.05) is 91.0 Å². The fourth-order valence-electron chi connectivity index (χ4n) is 5.66. The van der Waals surface area contributed by atoms with Crippen molar-refractivity contribution in [3.05, 3.63) is 160 Å². The molecule has 2 amide bonds. The van der Waals surface area contributed by atoms with Crippen LogP contribution in [0.2, 0.25) is 0 Å². The van der Waals surface area contributed by atoms with Crippen LogP contribution in [0, 0.1) is 0 Å². The molecule has 5 rings (SSSR count). The van der Waals surface area contributed by atoms with E-state index in [1.807, 2.05) is 73.7 Å². The van der Waals surface area contributed by atoms with Crippen molar-refractivity contribution in [3.8, 4) is 16.9 Å². The van der Waals surface area contributed by atoms with Gasteiger partial charge >= 0.3 is 0 Å². The SMILES string of the molecule is C[C@H](Cc1cccc(CC(=O)NCc2ccc(C(=O)NCc3cccc(-c4ccccc4)c3)cc2)c1)NC[C@H](O)c1ccc(O)c(CO)c1. The van der Waals surface area contributed by atoms with Crippen molar-refractivity contribution in [2.45, 2.75) is 51.6 Å². The van der Waals surface area contributed by atoms with Crippen LogP contribution in [-0.4, -0.2) is 39.7 Å². The summed E-state index contributed by atoms with van der Waals surface area (Å²) < 4.78 is 0. The van der Waals surface area contributed by atoms with Crippen LogP contribution in [-0.2, 0) is 37.3 Å². The van der Waals surface area contributed by atoms with Crippen molar-refractivity contribution >= 4 is 11.8 Å². The predicted molar refractivity (Wildman–Crippen MR) is 192 cm³/mol. The topological polar surface area (TPSA) is 131 Å². The molecular formula is C41H43N3O5. The highest BCUT2D eigenvalue weighted by atomic mass is 16.3. The second-order valence-electron chi connectivity index (χ2n) is 12.3. The first-order valence-electron chi connectivity index (χ1n) is 16.5. The molecule has 49 heavy (non-hydrogen) atoms. The molecule has 0 saturated carbocycles. The number of rotatable bonds is 15. The van der Waals surface area contributed by atoms with E-state index in [1.165, 1.54) is 6.07 Å². The lowest BCUT2D eigenvalue weighted by Crippen LogP contribution is -2.32. The van der Waals surface area contributed by atoms with E-state index in [1.54, 1.807) is 24.3 Å². The summed E-state index contributed by atoms with van der Waals surface area (Å²) in [6.45, 7) is 2.82. The Kier molecular flexibility index (Phi) is 12.3. The lowest BCUT2D eigenvalue weighted by Gasteiger charge is -2.18. The Bertz CT molecular complexity index is 1840. The van der Waals surface area contributed by atoms with Crippen LogP contribution in [0.5, 0.6) is 5.75 Å². The van der Waals surface area contributed by atoms with E-state index in [4.69, 9.17) is 0 Å². The zero-order valence-corrected chi connectivity index (χ0v) is 27.6. The van der Waals surface area contributed by atoms with Gasteiger partial charge in [0.1, 0.15) is 5.75 Å². The molecule has 0 aliphatic rings. The molecule has 0 fully saturated rings. The molecule has 6 N–H and O–H groups in total. The average Bonchev–Trinajstić information content (AvgIpc) is 3.13. The van der Waals surface area contributed by atoms with Gasteiger partial charge in [-0.2, -0.15) is 0 Å². The normalized spacial score (nSPS) is 12.2. The molecule has 0 aliphatic carbocycles. The molecule has 2 atom stereocenters. The van der Waals surface area contributed by atoms with Crippen molar-refractivity contribution in [3.63, 3.8) is 0 Å². The zero-order chi connectivity index (χ0) is 34.6. The largest absolute Gasteiger partial charge is 0.508 e. The lowest BCUT2D eigenvalue weighted by molar-refractivity contribution is -0.120. The third kappa shape index (κ3) is 10.4. The molecule has 0 saturated heterocycles. The lowest BCUT2D eigenvalue weighted by atomic mass is 10.0. The molecule has 0 unspecified atom stereocenters. The highest BCUT2D eigenvalue weighted by Crippen LogP contribution is 2.23. The highest BCUT2D eigenvalue weighted by molar-refractivity contribution is 5.94. The fraction of sp³-hybridized carbons (Fsp3) is 0.220. The summed E-state index contributed by atoms with van der Waals surface area (Å²) in [5.41, 5.74) is 7.69. The minimum atomic E-state index is -0.787. The van der Waals surface area contributed by atoms with E-state index in [9.17, 15) is 24.9 Å². The van der Waals surface area contributed by atoms with E-state index in [-0.39, 0.29) is 36.6 Å². The average molecular weight is 658 g/mol. The molecule has 0 radical (unpaired) electrons. The van der Waals surface area contributed by atoms with Crippen LogP contribution in [0.25, 0.3) is 11.1 Å². The van der Waals surface area contributed by atoms with Gasteiger partial charge in [0.05, 0.1) is 19.1 Å². The molecule has 0 spiro atoms. The smallest absolute Gasteiger partial charge is 0.251 e. The van der Waals surface area contributed by atoms with Crippen molar-refractivity contribution in [2.75, 3.05) is 6.54 Å². The van der Waals surface area contributed by atoms with Gasteiger partial charge < -0.3 is 31.3 Å². The monoisotopic (exact) mass is 657 g/mol. The maximum absolute atomic E-state index is 12.8. The highest BCUT2D eigenvalue weighted by Gasteiger charge is 2.13. The molecular weight excluding hydrogens is 614 g/mol. The fourth-order valence-corrected chi connectivity index (χ4v) is 5.66. The molecule has 0 heterocycles. The first kappa shape index (κ1) is 35.0. The van der Waals surface area contributed by atoms with E-state index >= 15 is 0 Å². The molecule has 8 heteroatoms. The number of aromatic hydroxyl groups is 1. The van der Waals surface area contributed by atoms with Crippen LogP contribution in [0.4, 0.5) is 0 Å². The number of amides is 2. The van der Waals surface area contributed by atoms with Gasteiger partial charge in [-0.05, 0) is 82.6 Å². The van der Waals surface area contributed by atoms with Crippen molar-refractivity contribution in [2.24, 2.45) is 0 Å². The van der Waals surface area contributed by atoms with Gasteiger partial charge in [0.2, 0.25) is 5.91 Å². The molecule has 0 aliphatic heterocycles. The van der Waals surface area contributed by atoms with Crippen LogP contribution >= 0.6 is 0 Å². The number of nitrogens with one attached hydrogen (secondary N) is 3. The van der Waals surface area contributed by atoms with Crippen LogP contribution < -0.4 is 16.0 Å². The van der Waals surface area contributed by atoms with Crippen LogP contribution in [0.3, 0.4) is 0 Å². The Hall–Kier alpha value is -5.28. The molecule has 0 aromatic heterocycles. The number of hydrogen-bond donors (Lipinski definition) is 6. The Morgan fingerprint density at radius 3 is 2.16 bits per heavy atom. The van der Waals surface area contributed by atoms with E-state index in [0.717, 1.165) is 33.4 Å². The van der Waals surface area contributed by atoms with E-state index in [2.05, 4.69) is 40.2 Å². The van der Waals surface area contributed by atoms with Gasteiger partial charge in [-0.3, -0.25) is 9.59 Å². The number of phenols is 1. The summed E-state index contributed by atoms with van der Waals surface area (Å²) in [6, 6.07) is 38.2. The number of aliphatic hydroxyl groups excluding tert-OH is 2. The van der Waals surface area contributed by atoms with Crippen molar-refractivity contribution in [1.29, 1.82) is 0 Å². The molecule has 8 nitrogen and oxygen atoms in total. The Morgan fingerprint density at radius 1 is 0.694 bits per heavy atom. The Morgan fingerprint density at radius 2 is 1.39 bits per heavy atom. The van der Waals surface area contributed by atoms with Gasteiger partial charge in [0, 0.05) is 36.8 Å². The third-order valence-electron chi connectivity index (χ3n) is 8.41. The second-order valence-corrected chi connectivity index (χ2v) is 12.3. The third-order valence-corrected chi connectivity index (χ3v) is 8.41. The molecule has 0 bridgehead atoms. The van der Waals surface area contributed by atoms with E-state index < -0.39 is 6.10 Å². The number of aliphatic hydroxyl groups is 2. The molecule has 5 aromatic carbocycles. The van der Waals surface area contributed by atoms with Crippen molar-refractivity contribution in [1.82, 2.24) is 16.0 Å². The number of carbonyl (C=O) groups is 2. The zero-order valence-electron chi connectivity index (χ0n) is 27.6. The summed E-state index contributed by atoms with van der Waals surface area (Å²) in [5.74, 6) is -0.251. The summed E-state index contributed by atoms with van der Waals surface area (Å²) in [4.78, 5) is 25.6. The molecule has 5 aromatic rings. The van der Waals surface area contributed by atoms with Gasteiger partial charge in [-0.15, -0.1) is 0 Å². The van der Waals surface area contributed by atoms with Gasteiger partial charge in [-0.25, -0.2) is 0 Å². The first-order valence-corrected chi connectivity index (χ1v) is 16.5. The van der Waals surface area contributed by atoms with Gasteiger partial charge in [0.25, 0.3) is 5.91 Å². The Balaban J connectivity index is 1.04. The first-order chi connectivity index (χ1) is 23.8. The maximum atomic E-state index is 12.8. The summed E-state index contributed by atoms with van der Waals surface area (Å²) in [6.07, 6.45) is 0.166. The number of carbonyl (C=O) groups excluding carboxylic acids is 2.